The van der Waals surface area contributed by atoms with E-state index in [4.69, 9.17) is 0 Å². The van der Waals surface area contributed by atoms with Gasteiger partial charge >= 0.3 is 5.97 Å². The van der Waals surface area contributed by atoms with Gasteiger partial charge in [0.15, 0.2) is 0 Å². The van der Waals surface area contributed by atoms with Crippen molar-refractivity contribution in [3.8, 4) is 0 Å². The molecule has 0 amide bonds. The maximum Gasteiger partial charge on any atom is 0.345 e. The van der Waals surface area contributed by atoms with E-state index in [2.05, 4.69) is 20.7 Å². The van der Waals surface area contributed by atoms with Crippen LogP contribution in [0.15, 0.2) is 15.2 Å². The Balaban J connectivity index is 2.73. The zero-order chi connectivity index (χ0) is 9.84. The summed E-state index contributed by atoms with van der Waals surface area (Å²) < 4.78 is 18.5. The molecule has 0 radical (unpaired) electrons. The van der Waals surface area contributed by atoms with Gasteiger partial charge in [0, 0.05) is 15.4 Å². The molecule has 1 heterocycles. The monoisotopic (exact) mass is 266 g/mol. The van der Waals surface area contributed by atoms with Crippen molar-refractivity contribution in [2.24, 2.45) is 0 Å². The molecule has 0 bridgehead atoms. The fourth-order valence-electron chi connectivity index (χ4n) is 0.815. The number of alkyl halides is 1. The highest BCUT2D eigenvalue weighted by atomic mass is 79.9. The van der Waals surface area contributed by atoms with Crippen molar-refractivity contribution >= 4 is 33.2 Å². The number of esters is 1. The van der Waals surface area contributed by atoms with Crippen molar-refractivity contribution in [1.82, 2.24) is 0 Å². The lowest BCUT2D eigenvalue weighted by molar-refractivity contribution is -0.149. The number of rotatable bonds is 3. The zero-order valence-corrected chi connectivity index (χ0v) is 9.32. The molecule has 1 aromatic rings. The highest BCUT2D eigenvalue weighted by molar-refractivity contribution is 9.10. The summed E-state index contributed by atoms with van der Waals surface area (Å²) in [6.45, 7) is 1.84. The van der Waals surface area contributed by atoms with Crippen LogP contribution in [0.1, 0.15) is 18.7 Å². The fraction of sp³-hybridized carbons (Fsp3) is 0.375. The first-order valence-electron chi connectivity index (χ1n) is 3.69. The summed E-state index contributed by atoms with van der Waals surface area (Å²) in [6, 6.07) is 0. The first kappa shape index (κ1) is 10.7. The Hall–Kier alpha value is -0.420. The van der Waals surface area contributed by atoms with Crippen molar-refractivity contribution in [3.63, 3.8) is 0 Å². The van der Waals surface area contributed by atoms with Crippen LogP contribution in [0, 0.1) is 0 Å². The van der Waals surface area contributed by atoms with Gasteiger partial charge in [-0.2, -0.15) is 11.3 Å². The Morgan fingerprint density at radius 2 is 2.46 bits per heavy atom. The third-order valence-electron chi connectivity index (χ3n) is 1.41. The summed E-state index contributed by atoms with van der Waals surface area (Å²) in [5.41, 5.74) is 0.337. The van der Waals surface area contributed by atoms with Crippen molar-refractivity contribution in [1.29, 1.82) is 0 Å². The second-order valence-corrected chi connectivity index (χ2v) is 3.89. The number of thiophene rings is 1. The van der Waals surface area contributed by atoms with Crippen LogP contribution < -0.4 is 0 Å². The minimum absolute atomic E-state index is 0.195. The van der Waals surface area contributed by atoms with E-state index in [-0.39, 0.29) is 6.61 Å². The molecule has 13 heavy (non-hydrogen) atoms. The van der Waals surface area contributed by atoms with Gasteiger partial charge < -0.3 is 4.74 Å². The van der Waals surface area contributed by atoms with Crippen LogP contribution in [0.5, 0.6) is 0 Å². The molecule has 0 saturated carbocycles. The number of ether oxygens (including phenoxy) is 1. The lowest BCUT2D eigenvalue weighted by atomic mass is 10.2. The number of carbonyl (C=O) groups is 1. The molecule has 0 aliphatic rings. The third-order valence-corrected chi connectivity index (χ3v) is 3.16. The van der Waals surface area contributed by atoms with Crippen LogP contribution in [-0.4, -0.2) is 12.6 Å². The van der Waals surface area contributed by atoms with E-state index in [1.54, 1.807) is 17.7 Å². The molecule has 0 N–H and O–H groups in total. The van der Waals surface area contributed by atoms with Crippen LogP contribution in [-0.2, 0) is 9.53 Å². The van der Waals surface area contributed by atoms with Gasteiger partial charge in [0.05, 0.1) is 6.61 Å². The molecule has 0 aromatic carbocycles. The smallest absolute Gasteiger partial charge is 0.345 e. The molecule has 0 saturated heterocycles. The topological polar surface area (TPSA) is 26.3 Å². The number of halogens is 2. The Bertz CT molecular complexity index is 300. The summed E-state index contributed by atoms with van der Waals surface area (Å²) in [7, 11) is 0. The maximum atomic E-state index is 13.3. The van der Waals surface area contributed by atoms with Gasteiger partial charge in [0.25, 0.3) is 0 Å². The highest BCUT2D eigenvalue weighted by Gasteiger charge is 2.23. The predicted octanol–water partition coefficient (Wildman–Crippen LogP) is 3.08. The van der Waals surface area contributed by atoms with Gasteiger partial charge in [-0.05, 0) is 28.2 Å². The molecule has 0 aliphatic heterocycles. The highest BCUT2D eigenvalue weighted by Crippen LogP contribution is 2.30. The SMILES string of the molecule is CCOC(=O)C(F)c1cscc1Br. The number of carbonyl (C=O) groups excluding carboxylic acids is 1. The maximum absolute atomic E-state index is 13.3. The Kier molecular flexibility index (Phi) is 3.87. The van der Waals surface area contributed by atoms with Crippen molar-refractivity contribution in [2.75, 3.05) is 6.61 Å². The van der Waals surface area contributed by atoms with E-state index in [9.17, 15) is 9.18 Å². The molecule has 5 heteroatoms. The molecule has 1 unspecified atom stereocenters. The minimum atomic E-state index is -1.68. The van der Waals surface area contributed by atoms with Crippen LogP contribution in [0.3, 0.4) is 0 Å². The van der Waals surface area contributed by atoms with Gasteiger partial charge in [-0.3, -0.25) is 0 Å². The molecule has 72 valence electrons. The van der Waals surface area contributed by atoms with Gasteiger partial charge in [-0.15, -0.1) is 0 Å². The van der Waals surface area contributed by atoms with E-state index in [1.165, 1.54) is 11.3 Å². The average Bonchev–Trinajstić information content (AvgIpc) is 2.50. The summed E-state index contributed by atoms with van der Waals surface area (Å²) in [5, 5.41) is 3.31. The van der Waals surface area contributed by atoms with Crippen LogP contribution in [0.2, 0.25) is 0 Å². The number of hydrogen-bond acceptors (Lipinski definition) is 3. The summed E-state index contributed by atoms with van der Waals surface area (Å²) in [5.74, 6) is -0.832. The second-order valence-electron chi connectivity index (χ2n) is 2.29. The second kappa shape index (κ2) is 4.72. The zero-order valence-electron chi connectivity index (χ0n) is 6.92. The molecule has 2 nitrogen and oxygen atoms in total. The molecule has 0 fully saturated rings. The van der Waals surface area contributed by atoms with E-state index < -0.39 is 12.1 Å². The van der Waals surface area contributed by atoms with E-state index in [0.29, 0.717) is 10.0 Å². The third kappa shape index (κ3) is 2.51. The molecule has 0 spiro atoms. The standard InChI is InChI=1S/C8H8BrFO2S/c1-2-12-8(11)7(10)5-3-13-4-6(5)9/h3-4,7H,2H2,1H3. The van der Waals surface area contributed by atoms with Crippen LogP contribution in [0.4, 0.5) is 4.39 Å². The first-order chi connectivity index (χ1) is 6.16. The molecule has 1 atom stereocenters. The van der Waals surface area contributed by atoms with Crippen molar-refractivity contribution in [3.05, 3.63) is 20.8 Å². The lowest BCUT2D eigenvalue weighted by Crippen LogP contribution is -2.11. The van der Waals surface area contributed by atoms with Crippen LogP contribution >= 0.6 is 27.3 Å². The molecule has 0 aliphatic carbocycles. The van der Waals surface area contributed by atoms with E-state index in [0.717, 1.165) is 0 Å². The van der Waals surface area contributed by atoms with Crippen molar-refractivity contribution < 1.29 is 13.9 Å². The largest absolute Gasteiger partial charge is 0.464 e. The first-order valence-corrected chi connectivity index (χ1v) is 5.42. The minimum Gasteiger partial charge on any atom is -0.464 e. The van der Waals surface area contributed by atoms with Crippen molar-refractivity contribution in [2.45, 2.75) is 13.1 Å². The Labute approximate surface area is 87.8 Å². The molecular weight excluding hydrogens is 259 g/mol. The van der Waals surface area contributed by atoms with E-state index >= 15 is 0 Å². The summed E-state index contributed by atoms with van der Waals surface area (Å²) >= 11 is 4.48. The van der Waals surface area contributed by atoms with Gasteiger partial charge in [0.1, 0.15) is 0 Å². The Morgan fingerprint density at radius 1 is 1.77 bits per heavy atom. The van der Waals surface area contributed by atoms with Gasteiger partial charge in [0.2, 0.25) is 6.17 Å². The van der Waals surface area contributed by atoms with E-state index in [1.807, 2.05) is 0 Å². The van der Waals surface area contributed by atoms with Gasteiger partial charge in [-0.1, -0.05) is 0 Å². The Morgan fingerprint density at radius 3 is 2.92 bits per heavy atom. The lowest BCUT2D eigenvalue weighted by Gasteiger charge is -2.05. The molecular formula is C8H8BrFO2S. The summed E-state index contributed by atoms with van der Waals surface area (Å²) in [4.78, 5) is 11.0. The van der Waals surface area contributed by atoms with Gasteiger partial charge in [-0.25, -0.2) is 9.18 Å². The molecule has 1 aromatic heterocycles. The quantitative estimate of drug-likeness (QED) is 0.786. The predicted molar refractivity (Wildman–Crippen MR) is 52.5 cm³/mol. The fourth-order valence-corrected chi connectivity index (χ4v) is 2.32. The average molecular weight is 267 g/mol. The summed E-state index contributed by atoms with van der Waals surface area (Å²) in [6.07, 6.45) is -1.68. The number of hydrogen-bond donors (Lipinski definition) is 0. The normalized spacial score (nSPS) is 12.5. The van der Waals surface area contributed by atoms with Crippen LogP contribution in [0.25, 0.3) is 0 Å². The molecule has 1 rings (SSSR count).